The second-order valence-electron chi connectivity index (χ2n) is 3.33. The monoisotopic (exact) mass is 248 g/mol. The normalized spacial score (nSPS) is 17.8. The Balaban J connectivity index is 2.25. The van der Waals surface area contributed by atoms with E-state index in [2.05, 4.69) is 11.5 Å². The summed E-state index contributed by atoms with van der Waals surface area (Å²) in [6, 6.07) is 0. The lowest BCUT2D eigenvalue weighted by atomic mass is 10.3. The Bertz CT molecular complexity index is 240. The molecular formula is C9H16N2O2S2. The molecule has 1 aliphatic heterocycles. The van der Waals surface area contributed by atoms with Crippen LogP contribution in [0.25, 0.3) is 0 Å². The highest BCUT2D eigenvalue weighted by molar-refractivity contribution is 8.77. The first kappa shape index (κ1) is 12.7. The molecule has 1 fully saturated rings. The van der Waals surface area contributed by atoms with Gasteiger partial charge in [-0.3, -0.25) is 4.90 Å². The maximum absolute atomic E-state index is 10.7. The molecule has 1 N–H and O–H groups in total. The summed E-state index contributed by atoms with van der Waals surface area (Å²) in [5.41, 5.74) is 0. The fourth-order valence-corrected chi connectivity index (χ4v) is 2.83. The third-order valence-corrected chi connectivity index (χ3v) is 3.98. The lowest BCUT2D eigenvalue weighted by molar-refractivity contribution is 0.110. The summed E-state index contributed by atoms with van der Waals surface area (Å²) in [6.07, 6.45) is 1.21. The van der Waals surface area contributed by atoms with Crippen molar-refractivity contribution in [1.82, 2.24) is 9.80 Å². The number of piperazine rings is 1. The first-order valence-corrected chi connectivity index (χ1v) is 7.28. The largest absolute Gasteiger partial charge is 0.465 e. The summed E-state index contributed by atoms with van der Waals surface area (Å²) < 4.78 is 0. The van der Waals surface area contributed by atoms with Crippen molar-refractivity contribution < 1.29 is 9.90 Å². The first-order valence-electron chi connectivity index (χ1n) is 4.72. The molecule has 0 aliphatic carbocycles. The predicted molar refractivity (Wildman–Crippen MR) is 66.3 cm³/mol. The number of nitrogens with zero attached hydrogens (tertiary/aromatic N) is 2. The van der Waals surface area contributed by atoms with Gasteiger partial charge in [0, 0.05) is 37.6 Å². The van der Waals surface area contributed by atoms with E-state index in [9.17, 15) is 4.79 Å². The van der Waals surface area contributed by atoms with Crippen molar-refractivity contribution in [1.29, 1.82) is 0 Å². The zero-order valence-corrected chi connectivity index (χ0v) is 10.4. The van der Waals surface area contributed by atoms with Gasteiger partial charge in [-0.25, -0.2) is 4.79 Å². The molecule has 15 heavy (non-hydrogen) atoms. The molecule has 0 atom stereocenters. The number of carboxylic acid groups (broad SMARTS) is 1. The molecule has 1 aliphatic rings. The van der Waals surface area contributed by atoms with E-state index in [0.29, 0.717) is 13.1 Å². The summed E-state index contributed by atoms with van der Waals surface area (Å²) in [6.45, 7) is 7.64. The average molecular weight is 248 g/mol. The minimum atomic E-state index is -0.813. The van der Waals surface area contributed by atoms with Crippen LogP contribution >= 0.6 is 21.6 Å². The summed E-state index contributed by atoms with van der Waals surface area (Å²) in [7, 11) is 3.37. The second kappa shape index (κ2) is 6.30. The minimum Gasteiger partial charge on any atom is -0.465 e. The predicted octanol–water partition coefficient (Wildman–Crippen LogP) is 1.81. The average Bonchev–Trinajstić information content (AvgIpc) is 2.18. The van der Waals surface area contributed by atoms with Gasteiger partial charge in [0.1, 0.15) is 0 Å². The number of amides is 1. The fraction of sp³-hybridized carbons (Fsp3) is 0.667. The molecule has 1 rings (SSSR count). The van der Waals surface area contributed by atoms with Gasteiger partial charge < -0.3 is 10.0 Å². The highest BCUT2D eigenvalue weighted by Crippen LogP contribution is 2.26. The molecule has 0 unspecified atom stereocenters. The van der Waals surface area contributed by atoms with Crippen LogP contribution in [0.15, 0.2) is 11.5 Å². The third kappa shape index (κ3) is 4.36. The number of hydrogen-bond donors (Lipinski definition) is 1. The van der Waals surface area contributed by atoms with Gasteiger partial charge in [0.25, 0.3) is 0 Å². The zero-order valence-electron chi connectivity index (χ0n) is 8.81. The molecule has 1 saturated heterocycles. The molecule has 0 aromatic rings. The molecule has 1 heterocycles. The van der Waals surface area contributed by atoms with Gasteiger partial charge in [0.05, 0.1) is 0 Å². The molecule has 86 valence electrons. The SMILES string of the molecule is C=C(CN1CCN(C(=O)O)CC1)SSC. The molecule has 6 heteroatoms. The van der Waals surface area contributed by atoms with Crippen LogP contribution in [0, 0.1) is 0 Å². The lowest BCUT2D eigenvalue weighted by Crippen LogP contribution is -2.48. The smallest absolute Gasteiger partial charge is 0.407 e. The number of hydrogen-bond acceptors (Lipinski definition) is 4. The molecule has 0 aromatic heterocycles. The highest BCUT2D eigenvalue weighted by Gasteiger charge is 2.20. The van der Waals surface area contributed by atoms with E-state index in [-0.39, 0.29) is 0 Å². The third-order valence-electron chi connectivity index (χ3n) is 2.24. The van der Waals surface area contributed by atoms with Crippen LogP contribution in [-0.2, 0) is 0 Å². The van der Waals surface area contributed by atoms with E-state index in [1.165, 1.54) is 4.90 Å². The quantitative estimate of drug-likeness (QED) is 0.769. The van der Waals surface area contributed by atoms with Crippen molar-refractivity contribution in [2.24, 2.45) is 0 Å². The lowest BCUT2D eigenvalue weighted by Gasteiger charge is -2.33. The number of rotatable bonds is 4. The van der Waals surface area contributed by atoms with Crippen LogP contribution in [0.1, 0.15) is 0 Å². The van der Waals surface area contributed by atoms with Crippen molar-refractivity contribution >= 4 is 27.7 Å². The van der Waals surface area contributed by atoms with E-state index < -0.39 is 6.09 Å². The molecule has 4 nitrogen and oxygen atoms in total. The van der Waals surface area contributed by atoms with Gasteiger partial charge in [-0.1, -0.05) is 28.2 Å². The summed E-state index contributed by atoms with van der Waals surface area (Å²) in [5, 5.41) is 8.77. The Morgan fingerprint density at radius 1 is 1.40 bits per heavy atom. The van der Waals surface area contributed by atoms with E-state index >= 15 is 0 Å². The van der Waals surface area contributed by atoms with Gasteiger partial charge in [0.2, 0.25) is 0 Å². The second-order valence-corrected chi connectivity index (χ2v) is 5.91. The van der Waals surface area contributed by atoms with Crippen molar-refractivity contribution in [3.05, 3.63) is 11.5 Å². The molecule has 0 radical (unpaired) electrons. The topological polar surface area (TPSA) is 43.8 Å². The number of carbonyl (C=O) groups is 1. The highest BCUT2D eigenvalue weighted by atomic mass is 33.1. The standard InChI is InChI=1S/C9H16N2O2S2/c1-8(15-14-2)7-10-3-5-11(6-4-10)9(12)13/h1,3-7H2,2H3,(H,12,13). The van der Waals surface area contributed by atoms with Crippen LogP contribution in [0.3, 0.4) is 0 Å². The summed E-state index contributed by atoms with van der Waals surface area (Å²) in [5.74, 6) is 0. The first-order chi connectivity index (χ1) is 7.13. The Labute approximate surface area is 98.1 Å². The molecular weight excluding hydrogens is 232 g/mol. The minimum absolute atomic E-state index is 0.604. The van der Waals surface area contributed by atoms with E-state index in [1.54, 1.807) is 21.6 Å². The van der Waals surface area contributed by atoms with Crippen LogP contribution in [0.2, 0.25) is 0 Å². The Morgan fingerprint density at radius 2 is 2.00 bits per heavy atom. The van der Waals surface area contributed by atoms with E-state index in [4.69, 9.17) is 5.11 Å². The Morgan fingerprint density at radius 3 is 2.47 bits per heavy atom. The molecule has 1 amide bonds. The zero-order chi connectivity index (χ0) is 11.3. The van der Waals surface area contributed by atoms with Gasteiger partial charge in [-0.15, -0.1) is 0 Å². The van der Waals surface area contributed by atoms with Gasteiger partial charge in [-0.2, -0.15) is 0 Å². The Hall–Kier alpha value is -0.330. The van der Waals surface area contributed by atoms with E-state index in [0.717, 1.165) is 24.5 Å². The fourth-order valence-electron chi connectivity index (χ4n) is 1.49. The maximum atomic E-state index is 10.7. The summed E-state index contributed by atoms with van der Waals surface area (Å²) >= 11 is 0. The molecule has 0 spiro atoms. The van der Waals surface area contributed by atoms with Crippen molar-refractivity contribution in [2.45, 2.75) is 0 Å². The van der Waals surface area contributed by atoms with E-state index in [1.807, 2.05) is 6.26 Å². The van der Waals surface area contributed by atoms with Gasteiger partial charge >= 0.3 is 6.09 Å². The molecule has 0 bridgehead atoms. The van der Waals surface area contributed by atoms with Crippen molar-refractivity contribution in [3.63, 3.8) is 0 Å². The summed E-state index contributed by atoms with van der Waals surface area (Å²) in [4.78, 5) is 15.5. The Kier molecular flexibility index (Phi) is 5.35. The van der Waals surface area contributed by atoms with Crippen LogP contribution in [-0.4, -0.2) is 60.0 Å². The van der Waals surface area contributed by atoms with Crippen LogP contribution in [0.5, 0.6) is 0 Å². The van der Waals surface area contributed by atoms with Gasteiger partial charge in [-0.05, 0) is 6.26 Å². The van der Waals surface area contributed by atoms with Crippen molar-refractivity contribution in [2.75, 3.05) is 39.0 Å². The van der Waals surface area contributed by atoms with Crippen molar-refractivity contribution in [3.8, 4) is 0 Å². The van der Waals surface area contributed by atoms with Crippen LogP contribution in [0.4, 0.5) is 4.79 Å². The van der Waals surface area contributed by atoms with Gasteiger partial charge in [0.15, 0.2) is 0 Å². The molecule has 0 saturated carbocycles. The molecule has 0 aromatic carbocycles. The van der Waals surface area contributed by atoms with Crippen LogP contribution < -0.4 is 0 Å². The maximum Gasteiger partial charge on any atom is 0.407 e.